The molecule has 0 aliphatic rings. The molecule has 96 valence electrons. The van der Waals surface area contributed by atoms with E-state index in [0.717, 1.165) is 21.5 Å². The monoisotopic (exact) mass is 311 g/mol. The van der Waals surface area contributed by atoms with E-state index in [0.29, 0.717) is 6.54 Å². The lowest BCUT2D eigenvalue weighted by Gasteiger charge is -2.19. The van der Waals surface area contributed by atoms with E-state index in [4.69, 9.17) is 0 Å². The van der Waals surface area contributed by atoms with Gasteiger partial charge in [-0.15, -0.1) is 0 Å². The number of aromatic nitrogens is 2. The van der Waals surface area contributed by atoms with Crippen molar-refractivity contribution in [3.8, 4) is 0 Å². The summed E-state index contributed by atoms with van der Waals surface area (Å²) >= 11 is 3.53. The fraction of sp³-hybridized carbons (Fsp3) is 0.308. The maximum Gasteiger partial charge on any atom is 0.125 e. The van der Waals surface area contributed by atoms with Crippen LogP contribution in [0.1, 0.15) is 11.4 Å². The highest BCUT2D eigenvalue weighted by molar-refractivity contribution is 9.10. The lowest BCUT2D eigenvalue weighted by atomic mass is 10.2. The number of nitrogens with zero attached hydrogens (tertiary/aromatic N) is 3. The average Bonchev–Trinajstić information content (AvgIpc) is 2.56. The Kier molecular flexibility index (Phi) is 3.71. The van der Waals surface area contributed by atoms with E-state index in [-0.39, 0.29) is 5.82 Å². The summed E-state index contributed by atoms with van der Waals surface area (Å²) in [4.78, 5) is 1.99. The summed E-state index contributed by atoms with van der Waals surface area (Å²) in [5, 5.41) is 4.34. The van der Waals surface area contributed by atoms with Gasteiger partial charge in [0.15, 0.2) is 0 Å². The molecule has 1 heterocycles. The molecule has 0 spiro atoms. The van der Waals surface area contributed by atoms with Crippen LogP contribution in [0.4, 0.5) is 10.1 Å². The van der Waals surface area contributed by atoms with Gasteiger partial charge in [0.25, 0.3) is 0 Å². The van der Waals surface area contributed by atoms with Gasteiger partial charge in [-0.1, -0.05) is 6.07 Å². The molecule has 0 radical (unpaired) electrons. The lowest BCUT2D eigenvalue weighted by Crippen LogP contribution is -2.18. The molecule has 1 aromatic heterocycles. The first-order valence-corrected chi connectivity index (χ1v) is 6.43. The molecule has 0 bridgehead atoms. The minimum Gasteiger partial charge on any atom is -0.369 e. The molecule has 0 aliphatic heterocycles. The Hall–Kier alpha value is -1.36. The summed E-state index contributed by atoms with van der Waals surface area (Å²) in [6.07, 6.45) is 0. The van der Waals surface area contributed by atoms with Crippen LogP contribution in [0.25, 0.3) is 0 Å². The summed E-state index contributed by atoms with van der Waals surface area (Å²) in [7, 11) is 3.84. The van der Waals surface area contributed by atoms with E-state index in [1.54, 1.807) is 6.07 Å². The molecular formula is C13H15BrFN3. The fourth-order valence-electron chi connectivity index (χ4n) is 1.88. The highest BCUT2D eigenvalue weighted by atomic mass is 79.9. The number of aryl methyl sites for hydroxylation is 2. The third-order valence-corrected chi connectivity index (χ3v) is 3.93. The third kappa shape index (κ3) is 2.56. The molecule has 0 fully saturated rings. The van der Waals surface area contributed by atoms with Crippen LogP contribution in [0.3, 0.4) is 0 Å². The topological polar surface area (TPSA) is 21.1 Å². The molecular weight excluding hydrogens is 297 g/mol. The number of hydrogen-bond donors (Lipinski definition) is 0. The highest BCUT2D eigenvalue weighted by Crippen LogP contribution is 2.23. The minimum atomic E-state index is -0.223. The molecule has 0 aliphatic carbocycles. The van der Waals surface area contributed by atoms with Gasteiger partial charge in [0.2, 0.25) is 0 Å². The minimum absolute atomic E-state index is 0.223. The molecule has 2 rings (SSSR count). The van der Waals surface area contributed by atoms with Crippen LogP contribution in [0.15, 0.2) is 28.7 Å². The van der Waals surface area contributed by atoms with Crippen molar-refractivity contribution in [3.63, 3.8) is 0 Å². The molecule has 0 saturated heterocycles. The predicted molar refractivity (Wildman–Crippen MR) is 74.2 cm³/mol. The Morgan fingerprint density at radius 3 is 2.72 bits per heavy atom. The van der Waals surface area contributed by atoms with Gasteiger partial charge >= 0.3 is 0 Å². The first-order chi connectivity index (χ1) is 8.49. The normalized spacial score (nSPS) is 10.7. The van der Waals surface area contributed by atoms with Gasteiger partial charge in [0, 0.05) is 19.8 Å². The molecule has 0 unspecified atom stereocenters. The van der Waals surface area contributed by atoms with E-state index in [1.807, 2.05) is 36.7 Å². The standard InChI is InChI=1S/C13H15BrFN3/c1-9-13(14)12(18(3)16-9)8-17(2)11-6-4-5-10(15)7-11/h4-7H,8H2,1-3H3. The van der Waals surface area contributed by atoms with Crippen molar-refractivity contribution in [2.24, 2.45) is 7.05 Å². The molecule has 1 aromatic carbocycles. The van der Waals surface area contributed by atoms with Crippen molar-refractivity contribution >= 4 is 21.6 Å². The summed E-state index contributed by atoms with van der Waals surface area (Å²) in [6, 6.07) is 6.57. The first-order valence-electron chi connectivity index (χ1n) is 5.63. The van der Waals surface area contributed by atoms with E-state index in [9.17, 15) is 4.39 Å². The predicted octanol–water partition coefficient (Wildman–Crippen LogP) is 3.27. The second-order valence-electron chi connectivity index (χ2n) is 4.31. The lowest BCUT2D eigenvalue weighted by molar-refractivity contribution is 0.626. The summed E-state index contributed by atoms with van der Waals surface area (Å²) in [6.45, 7) is 2.62. The summed E-state index contributed by atoms with van der Waals surface area (Å²) < 4.78 is 16.0. The highest BCUT2D eigenvalue weighted by Gasteiger charge is 2.13. The van der Waals surface area contributed by atoms with E-state index in [2.05, 4.69) is 21.0 Å². The van der Waals surface area contributed by atoms with Crippen LogP contribution in [-0.2, 0) is 13.6 Å². The van der Waals surface area contributed by atoms with E-state index < -0.39 is 0 Å². The van der Waals surface area contributed by atoms with Crippen LogP contribution in [-0.4, -0.2) is 16.8 Å². The maximum atomic E-state index is 13.2. The molecule has 0 saturated carbocycles. The maximum absolute atomic E-state index is 13.2. The second-order valence-corrected chi connectivity index (χ2v) is 5.10. The Labute approximate surface area is 114 Å². The van der Waals surface area contributed by atoms with Crippen molar-refractivity contribution in [1.82, 2.24) is 9.78 Å². The van der Waals surface area contributed by atoms with E-state index in [1.165, 1.54) is 12.1 Å². The van der Waals surface area contributed by atoms with Crippen LogP contribution < -0.4 is 4.90 Å². The molecule has 5 heteroatoms. The van der Waals surface area contributed by atoms with Crippen molar-refractivity contribution < 1.29 is 4.39 Å². The van der Waals surface area contributed by atoms with E-state index >= 15 is 0 Å². The van der Waals surface area contributed by atoms with Crippen LogP contribution in [0, 0.1) is 12.7 Å². The summed E-state index contributed by atoms with van der Waals surface area (Å²) in [5.41, 5.74) is 2.88. The zero-order chi connectivity index (χ0) is 13.3. The average molecular weight is 312 g/mol. The number of hydrogen-bond acceptors (Lipinski definition) is 2. The van der Waals surface area contributed by atoms with Crippen LogP contribution in [0.2, 0.25) is 0 Å². The van der Waals surface area contributed by atoms with Gasteiger partial charge in [-0.25, -0.2) is 4.39 Å². The van der Waals surface area contributed by atoms with Gasteiger partial charge in [0.05, 0.1) is 22.4 Å². The van der Waals surface area contributed by atoms with Crippen molar-refractivity contribution in [2.75, 3.05) is 11.9 Å². The Bertz CT molecular complexity index is 565. The summed E-state index contributed by atoms with van der Waals surface area (Å²) in [5.74, 6) is -0.223. The molecule has 0 atom stereocenters. The quantitative estimate of drug-likeness (QED) is 0.867. The van der Waals surface area contributed by atoms with Gasteiger partial charge in [-0.05, 0) is 41.1 Å². The number of anilines is 1. The number of benzene rings is 1. The third-order valence-electron chi connectivity index (χ3n) is 2.90. The molecule has 0 amide bonds. The van der Waals surface area contributed by atoms with Crippen molar-refractivity contribution in [1.29, 1.82) is 0 Å². The van der Waals surface area contributed by atoms with Crippen molar-refractivity contribution in [3.05, 3.63) is 45.9 Å². The smallest absolute Gasteiger partial charge is 0.125 e. The van der Waals surface area contributed by atoms with Gasteiger partial charge in [-0.2, -0.15) is 5.10 Å². The van der Waals surface area contributed by atoms with Gasteiger partial charge < -0.3 is 4.90 Å². The number of rotatable bonds is 3. The number of halogens is 2. The zero-order valence-corrected chi connectivity index (χ0v) is 12.2. The second kappa shape index (κ2) is 5.10. The molecule has 3 nitrogen and oxygen atoms in total. The fourth-order valence-corrected chi connectivity index (χ4v) is 2.34. The first kappa shape index (κ1) is 13.1. The van der Waals surface area contributed by atoms with Crippen LogP contribution >= 0.6 is 15.9 Å². The van der Waals surface area contributed by atoms with Gasteiger partial charge in [-0.3, -0.25) is 4.68 Å². The Morgan fingerprint density at radius 2 is 2.17 bits per heavy atom. The van der Waals surface area contributed by atoms with Crippen LogP contribution in [0.5, 0.6) is 0 Å². The van der Waals surface area contributed by atoms with Crippen molar-refractivity contribution in [2.45, 2.75) is 13.5 Å². The molecule has 2 aromatic rings. The zero-order valence-electron chi connectivity index (χ0n) is 10.6. The molecule has 18 heavy (non-hydrogen) atoms. The largest absolute Gasteiger partial charge is 0.369 e. The SMILES string of the molecule is Cc1nn(C)c(CN(C)c2cccc(F)c2)c1Br. The van der Waals surface area contributed by atoms with Gasteiger partial charge in [0.1, 0.15) is 5.82 Å². The Balaban J connectivity index is 2.24. The molecule has 0 N–H and O–H groups in total. The Morgan fingerprint density at radius 1 is 1.44 bits per heavy atom.